The Bertz CT molecular complexity index is 359. The van der Waals surface area contributed by atoms with Gasteiger partial charge in [0.05, 0.1) is 12.0 Å². The first-order valence-corrected chi connectivity index (χ1v) is 4.97. The molecule has 0 aromatic heterocycles. The fourth-order valence-corrected chi connectivity index (χ4v) is 1.75. The van der Waals surface area contributed by atoms with E-state index in [2.05, 4.69) is 30.3 Å². The molecule has 1 aliphatic carbocycles. The topological polar surface area (TPSA) is 49.8 Å². The normalized spacial score (nSPS) is 26.6. The van der Waals surface area contributed by atoms with E-state index in [0.29, 0.717) is 5.92 Å². The molecule has 1 aliphatic rings. The van der Waals surface area contributed by atoms with Crippen LogP contribution in [0.1, 0.15) is 36.4 Å². The van der Waals surface area contributed by atoms with Crippen molar-refractivity contribution in [2.45, 2.75) is 25.3 Å². The fraction of sp³-hybridized carbons (Fsp3) is 0.417. The molecular weight excluding hydrogens is 172 g/mol. The van der Waals surface area contributed by atoms with E-state index >= 15 is 0 Å². The maximum absolute atomic E-state index is 8.71. The highest BCUT2D eigenvalue weighted by Gasteiger charge is 2.38. The van der Waals surface area contributed by atoms with E-state index in [0.717, 1.165) is 12.0 Å². The zero-order valence-electron chi connectivity index (χ0n) is 8.27. The van der Waals surface area contributed by atoms with Gasteiger partial charge in [0.25, 0.3) is 0 Å². The van der Waals surface area contributed by atoms with Crippen LogP contribution in [0, 0.1) is 17.2 Å². The van der Waals surface area contributed by atoms with Gasteiger partial charge in [-0.05, 0) is 24.5 Å². The molecule has 0 bridgehead atoms. The van der Waals surface area contributed by atoms with E-state index < -0.39 is 0 Å². The number of nitrogens with zero attached hydrogens (tertiary/aromatic N) is 1. The Morgan fingerprint density at radius 1 is 1.43 bits per heavy atom. The molecule has 0 spiro atoms. The second-order valence-electron chi connectivity index (χ2n) is 4.03. The van der Waals surface area contributed by atoms with Gasteiger partial charge in [0.2, 0.25) is 0 Å². The summed E-state index contributed by atoms with van der Waals surface area (Å²) in [5.41, 5.74) is 8.19. The Balaban J connectivity index is 2.12. The van der Waals surface area contributed by atoms with Crippen LogP contribution >= 0.6 is 0 Å². The van der Waals surface area contributed by atoms with Crippen molar-refractivity contribution >= 4 is 0 Å². The van der Waals surface area contributed by atoms with Gasteiger partial charge in [0, 0.05) is 12.0 Å². The molecule has 1 fully saturated rings. The molecule has 0 amide bonds. The quantitative estimate of drug-likeness (QED) is 0.770. The average molecular weight is 186 g/mol. The number of nitriles is 1. The summed E-state index contributed by atoms with van der Waals surface area (Å²) in [4.78, 5) is 0. The molecule has 0 saturated heterocycles. The standard InChI is InChI=1S/C12H14N2/c1-8(14)9-2-4-10(5-3-9)12-6-11(12)7-13/h2-5,8,11-12H,6,14H2,1H3. The molecular formula is C12H14N2. The number of benzene rings is 1. The largest absolute Gasteiger partial charge is 0.324 e. The van der Waals surface area contributed by atoms with Crippen LogP contribution in [-0.4, -0.2) is 0 Å². The second-order valence-corrected chi connectivity index (χ2v) is 4.03. The lowest BCUT2D eigenvalue weighted by atomic mass is 10.0. The number of rotatable bonds is 2. The van der Waals surface area contributed by atoms with Crippen molar-refractivity contribution in [3.8, 4) is 6.07 Å². The first kappa shape index (κ1) is 9.23. The Labute approximate surface area is 84.3 Å². The first-order valence-electron chi connectivity index (χ1n) is 4.97. The molecule has 2 rings (SSSR count). The zero-order chi connectivity index (χ0) is 10.1. The summed E-state index contributed by atoms with van der Waals surface area (Å²) in [7, 11) is 0. The maximum Gasteiger partial charge on any atom is 0.0662 e. The van der Waals surface area contributed by atoms with Crippen molar-refractivity contribution in [3.05, 3.63) is 35.4 Å². The highest BCUT2D eigenvalue weighted by atomic mass is 14.6. The Hall–Kier alpha value is -1.33. The molecule has 72 valence electrons. The van der Waals surface area contributed by atoms with Gasteiger partial charge >= 0.3 is 0 Å². The summed E-state index contributed by atoms with van der Waals surface area (Å²) < 4.78 is 0. The van der Waals surface area contributed by atoms with Gasteiger partial charge in [-0.1, -0.05) is 24.3 Å². The van der Waals surface area contributed by atoms with E-state index in [1.807, 2.05) is 6.92 Å². The maximum atomic E-state index is 8.71. The minimum atomic E-state index is 0.0926. The average Bonchev–Trinajstić information content (AvgIpc) is 2.97. The molecule has 3 atom stereocenters. The zero-order valence-corrected chi connectivity index (χ0v) is 8.27. The molecule has 0 radical (unpaired) electrons. The van der Waals surface area contributed by atoms with E-state index in [9.17, 15) is 0 Å². The van der Waals surface area contributed by atoms with Gasteiger partial charge in [-0.3, -0.25) is 0 Å². The molecule has 0 heterocycles. The molecule has 3 unspecified atom stereocenters. The molecule has 2 heteroatoms. The molecule has 0 aliphatic heterocycles. The van der Waals surface area contributed by atoms with E-state index in [-0.39, 0.29) is 12.0 Å². The lowest BCUT2D eigenvalue weighted by molar-refractivity contribution is 0.816. The second kappa shape index (κ2) is 3.43. The van der Waals surface area contributed by atoms with Gasteiger partial charge in [-0.15, -0.1) is 0 Å². The van der Waals surface area contributed by atoms with Gasteiger partial charge in [-0.2, -0.15) is 5.26 Å². The minimum absolute atomic E-state index is 0.0926. The predicted octanol–water partition coefficient (Wildman–Crippen LogP) is 2.33. The van der Waals surface area contributed by atoms with Crippen molar-refractivity contribution < 1.29 is 0 Å². The third kappa shape index (κ3) is 1.64. The van der Waals surface area contributed by atoms with Crippen LogP contribution in [0.3, 0.4) is 0 Å². The summed E-state index contributed by atoms with van der Waals surface area (Å²) in [5, 5.41) is 8.71. The van der Waals surface area contributed by atoms with Gasteiger partial charge < -0.3 is 5.73 Å². The van der Waals surface area contributed by atoms with Crippen molar-refractivity contribution in [1.82, 2.24) is 0 Å². The molecule has 1 aromatic rings. The SMILES string of the molecule is CC(N)c1ccc(C2CC2C#N)cc1. The van der Waals surface area contributed by atoms with Crippen LogP contribution < -0.4 is 5.73 Å². The lowest BCUT2D eigenvalue weighted by Gasteiger charge is -2.06. The van der Waals surface area contributed by atoms with Gasteiger partial charge in [0.15, 0.2) is 0 Å². The molecule has 2 N–H and O–H groups in total. The van der Waals surface area contributed by atoms with Crippen LogP contribution in [0.5, 0.6) is 0 Å². The summed E-state index contributed by atoms with van der Waals surface area (Å²) >= 11 is 0. The smallest absolute Gasteiger partial charge is 0.0662 e. The highest BCUT2D eigenvalue weighted by Crippen LogP contribution is 2.46. The number of nitrogens with two attached hydrogens (primary N) is 1. The summed E-state index contributed by atoms with van der Waals surface area (Å²) in [6.07, 6.45) is 1.02. The van der Waals surface area contributed by atoms with E-state index in [4.69, 9.17) is 11.0 Å². The van der Waals surface area contributed by atoms with E-state index in [1.165, 1.54) is 5.56 Å². The summed E-state index contributed by atoms with van der Waals surface area (Å²) in [5.74, 6) is 0.721. The fourth-order valence-electron chi connectivity index (χ4n) is 1.75. The molecule has 1 aromatic carbocycles. The van der Waals surface area contributed by atoms with Crippen LogP contribution in [0.2, 0.25) is 0 Å². The number of hydrogen-bond acceptors (Lipinski definition) is 2. The third-order valence-corrected chi connectivity index (χ3v) is 2.85. The lowest BCUT2D eigenvalue weighted by Crippen LogP contribution is -2.04. The summed E-state index contributed by atoms with van der Waals surface area (Å²) in [6, 6.07) is 10.7. The number of hydrogen-bond donors (Lipinski definition) is 1. The van der Waals surface area contributed by atoms with Crippen LogP contribution in [0.4, 0.5) is 0 Å². The van der Waals surface area contributed by atoms with Crippen molar-refractivity contribution in [2.24, 2.45) is 11.7 Å². The Morgan fingerprint density at radius 2 is 2.07 bits per heavy atom. The molecule has 2 nitrogen and oxygen atoms in total. The van der Waals surface area contributed by atoms with Gasteiger partial charge in [-0.25, -0.2) is 0 Å². The van der Waals surface area contributed by atoms with Crippen LogP contribution in [0.15, 0.2) is 24.3 Å². The van der Waals surface area contributed by atoms with Crippen LogP contribution in [-0.2, 0) is 0 Å². The van der Waals surface area contributed by atoms with Crippen molar-refractivity contribution in [1.29, 1.82) is 5.26 Å². The summed E-state index contributed by atoms with van der Waals surface area (Å²) in [6.45, 7) is 1.98. The Morgan fingerprint density at radius 3 is 2.50 bits per heavy atom. The first-order chi connectivity index (χ1) is 6.72. The van der Waals surface area contributed by atoms with E-state index in [1.54, 1.807) is 0 Å². The van der Waals surface area contributed by atoms with Crippen molar-refractivity contribution in [2.75, 3.05) is 0 Å². The molecule has 1 saturated carbocycles. The Kier molecular flexibility index (Phi) is 2.26. The van der Waals surface area contributed by atoms with Crippen LogP contribution in [0.25, 0.3) is 0 Å². The monoisotopic (exact) mass is 186 g/mol. The molecule has 14 heavy (non-hydrogen) atoms. The van der Waals surface area contributed by atoms with Gasteiger partial charge in [0.1, 0.15) is 0 Å². The van der Waals surface area contributed by atoms with Crippen molar-refractivity contribution in [3.63, 3.8) is 0 Å². The third-order valence-electron chi connectivity index (χ3n) is 2.85. The predicted molar refractivity (Wildman–Crippen MR) is 55.5 cm³/mol. The minimum Gasteiger partial charge on any atom is -0.324 e. The highest BCUT2D eigenvalue weighted by molar-refractivity contribution is 5.32.